The van der Waals surface area contributed by atoms with Crippen LogP contribution in [-0.4, -0.2) is 13.2 Å². The number of hydrogen-bond acceptors (Lipinski definition) is 1. The molecule has 1 aliphatic carbocycles. The van der Waals surface area contributed by atoms with E-state index in [1.165, 1.54) is 32.1 Å². The van der Waals surface area contributed by atoms with Gasteiger partial charge in [0.15, 0.2) is 0 Å². The zero-order valence-electron chi connectivity index (χ0n) is 9.10. The summed E-state index contributed by atoms with van der Waals surface area (Å²) in [5.41, 5.74) is 0. The second kappa shape index (κ2) is 7.60. The van der Waals surface area contributed by atoms with Crippen LogP contribution in [0.5, 0.6) is 0 Å². The van der Waals surface area contributed by atoms with Crippen molar-refractivity contribution in [2.24, 2.45) is 5.92 Å². The van der Waals surface area contributed by atoms with Gasteiger partial charge < -0.3 is 4.74 Å². The average Bonchev–Trinajstić information content (AvgIpc) is 2.52. The molecule has 12 heavy (non-hydrogen) atoms. The molecule has 74 valence electrons. The summed E-state index contributed by atoms with van der Waals surface area (Å²) in [6, 6.07) is 0. The van der Waals surface area contributed by atoms with Crippen molar-refractivity contribution in [3.8, 4) is 0 Å². The van der Waals surface area contributed by atoms with Gasteiger partial charge in [-0.25, -0.2) is 0 Å². The Bertz CT molecular complexity index is 81.0. The van der Waals surface area contributed by atoms with Crippen molar-refractivity contribution >= 4 is 0 Å². The lowest BCUT2D eigenvalue weighted by Crippen LogP contribution is -2.14. The summed E-state index contributed by atoms with van der Waals surface area (Å²) in [7, 11) is 1.83. The van der Waals surface area contributed by atoms with Crippen LogP contribution in [0.25, 0.3) is 0 Å². The molecule has 1 nitrogen and oxygen atoms in total. The topological polar surface area (TPSA) is 9.23 Å². The highest BCUT2D eigenvalue weighted by atomic mass is 16.5. The number of rotatable bonds is 2. The Labute approximate surface area is 77.5 Å². The summed E-state index contributed by atoms with van der Waals surface area (Å²) in [4.78, 5) is 0. The molecular weight excluding hydrogens is 148 g/mol. The van der Waals surface area contributed by atoms with Gasteiger partial charge in [0.25, 0.3) is 0 Å². The van der Waals surface area contributed by atoms with E-state index in [9.17, 15) is 0 Å². The minimum atomic E-state index is 0.579. The van der Waals surface area contributed by atoms with Gasteiger partial charge in [-0.2, -0.15) is 0 Å². The van der Waals surface area contributed by atoms with Crippen LogP contribution >= 0.6 is 0 Å². The van der Waals surface area contributed by atoms with Crippen LogP contribution < -0.4 is 0 Å². The van der Waals surface area contributed by atoms with Crippen molar-refractivity contribution in [2.75, 3.05) is 7.11 Å². The average molecular weight is 172 g/mol. The molecule has 1 rings (SSSR count). The van der Waals surface area contributed by atoms with Gasteiger partial charge in [0, 0.05) is 7.11 Å². The van der Waals surface area contributed by atoms with E-state index >= 15 is 0 Å². The lowest BCUT2D eigenvalue weighted by Gasteiger charge is -2.14. The van der Waals surface area contributed by atoms with E-state index in [1.54, 1.807) is 0 Å². The third-order valence-corrected chi connectivity index (χ3v) is 2.42. The molecule has 0 heterocycles. The van der Waals surface area contributed by atoms with Gasteiger partial charge in [0.05, 0.1) is 6.10 Å². The minimum Gasteiger partial charge on any atom is -0.381 e. The molecule has 1 fully saturated rings. The number of ether oxygens (including phenoxy) is 1. The Morgan fingerprint density at radius 2 is 1.75 bits per heavy atom. The fourth-order valence-corrected chi connectivity index (χ4v) is 1.78. The van der Waals surface area contributed by atoms with Crippen molar-refractivity contribution in [2.45, 2.75) is 59.0 Å². The second-order valence-corrected chi connectivity index (χ2v) is 3.58. The molecule has 0 N–H and O–H groups in total. The van der Waals surface area contributed by atoms with Crippen molar-refractivity contribution in [1.82, 2.24) is 0 Å². The fraction of sp³-hybridized carbons (Fsp3) is 1.00. The Kier molecular flexibility index (Phi) is 7.58. The van der Waals surface area contributed by atoms with Crippen LogP contribution in [0.15, 0.2) is 0 Å². The molecule has 0 spiro atoms. The molecule has 0 aliphatic heterocycles. The van der Waals surface area contributed by atoms with Crippen LogP contribution in [0.3, 0.4) is 0 Å². The standard InChI is InChI=1S/C8H16O.C3H8/c1-3-7-5-4-6-8(7)9-2;1-3-2/h7-8H,3-6H2,1-2H3;3H2,1-2H3. The van der Waals surface area contributed by atoms with Crippen molar-refractivity contribution in [3.63, 3.8) is 0 Å². The molecule has 1 aliphatic rings. The van der Waals surface area contributed by atoms with Gasteiger partial charge in [-0.1, -0.05) is 40.0 Å². The molecule has 2 unspecified atom stereocenters. The monoisotopic (exact) mass is 172 g/mol. The normalized spacial score (nSPS) is 28.0. The zero-order chi connectivity index (χ0) is 9.40. The maximum Gasteiger partial charge on any atom is 0.0599 e. The molecule has 0 aromatic rings. The predicted octanol–water partition coefficient (Wildman–Crippen LogP) is 3.63. The first-order valence-corrected chi connectivity index (χ1v) is 5.32. The highest BCUT2D eigenvalue weighted by molar-refractivity contribution is 4.76. The van der Waals surface area contributed by atoms with E-state index in [1.807, 2.05) is 7.11 Å². The quantitative estimate of drug-likeness (QED) is 0.618. The second-order valence-electron chi connectivity index (χ2n) is 3.58. The summed E-state index contributed by atoms with van der Waals surface area (Å²) in [6.07, 6.45) is 7.16. The Balaban J connectivity index is 0.000000354. The van der Waals surface area contributed by atoms with E-state index in [2.05, 4.69) is 20.8 Å². The van der Waals surface area contributed by atoms with E-state index in [0.29, 0.717) is 6.10 Å². The first-order chi connectivity index (χ1) is 5.79. The molecule has 0 aromatic carbocycles. The fourth-order valence-electron chi connectivity index (χ4n) is 1.78. The SMILES string of the molecule is CCC.CCC1CCCC1OC. The van der Waals surface area contributed by atoms with Gasteiger partial charge >= 0.3 is 0 Å². The van der Waals surface area contributed by atoms with E-state index in [4.69, 9.17) is 4.74 Å². The minimum absolute atomic E-state index is 0.579. The van der Waals surface area contributed by atoms with Crippen molar-refractivity contribution in [3.05, 3.63) is 0 Å². The summed E-state index contributed by atoms with van der Waals surface area (Å²) in [5, 5.41) is 0. The van der Waals surface area contributed by atoms with E-state index in [-0.39, 0.29) is 0 Å². The van der Waals surface area contributed by atoms with Crippen LogP contribution in [0, 0.1) is 5.92 Å². The lowest BCUT2D eigenvalue weighted by molar-refractivity contribution is 0.0699. The molecule has 0 saturated heterocycles. The molecule has 2 atom stereocenters. The van der Waals surface area contributed by atoms with Crippen molar-refractivity contribution < 1.29 is 4.74 Å². The van der Waals surface area contributed by atoms with Crippen LogP contribution in [-0.2, 0) is 4.74 Å². The van der Waals surface area contributed by atoms with Crippen LogP contribution in [0.2, 0.25) is 0 Å². The molecule has 0 amide bonds. The third-order valence-electron chi connectivity index (χ3n) is 2.42. The Morgan fingerprint density at radius 3 is 2.08 bits per heavy atom. The first-order valence-electron chi connectivity index (χ1n) is 5.32. The van der Waals surface area contributed by atoms with Crippen LogP contribution in [0.1, 0.15) is 52.9 Å². The van der Waals surface area contributed by atoms with Gasteiger partial charge in [-0.3, -0.25) is 0 Å². The largest absolute Gasteiger partial charge is 0.381 e. The summed E-state index contributed by atoms with van der Waals surface area (Å²) in [5.74, 6) is 0.856. The first kappa shape index (κ1) is 12.0. The summed E-state index contributed by atoms with van der Waals surface area (Å²) < 4.78 is 5.31. The lowest BCUT2D eigenvalue weighted by atomic mass is 10.0. The third kappa shape index (κ3) is 4.10. The zero-order valence-corrected chi connectivity index (χ0v) is 9.10. The van der Waals surface area contributed by atoms with Gasteiger partial charge in [0.1, 0.15) is 0 Å². The van der Waals surface area contributed by atoms with E-state index < -0.39 is 0 Å². The summed E-state index contributed by atoms with van der Waals surface area (Å²) >= 11 is 0. The van der Waals surface area contributed by atoms with Crippen molar-refractivity contribution in [1.29, 1.82) is 0 Å². The molecule has 0 bridgehead atoms. The highest BCUT2D eigenvalue weighted by Crippen LogP contribution is 2.29. The maximum absolute atomic E-state index is 5.31. The molecular formula is C11H24O. The number of hydrogen-bond donors (Lipinski definition) is 0. The molecule has 0 radical (unpaired) electrons. The van der Waals surface area contributed by atoms with Gasteiger partial charge in [-0.15, -0.1) is 0 Å². The predicted molar refractivity (Wildman–Crippen MR) is 54.4 cm³/mol. The van der Waals surface area contributed by atoms with Crippen LogP contribution in [0.4, 0.5) is 0 Å². The maximum atomic E-state index is 5.31. The van der Waals surface area contributed by atoms with Gasteiger partial charge in [-0.05, 0) is 18.8 Å². The van der Waals surface area contributed by atoms with Gasteiger partial charge in [0.2, 0.25) is 0 Å². The molecule has 0 aromatic heterocycles. The Morgan fingerprint density at radius 1 is 1.17 bits per heavy atom. The smallest absolute Gasteiger partial charge is 0.0599 e. The van der Waals surface area contributed by atoms with E-state index in [0.717, 1.165) is 5.92 Å². The number of methoxy groups -OCH3 is 1. The molecule has 1 heteroatoms. The Hall–Kier alpha value is -0.0400. The summed E-state index contributed by atoms with van der Waals surface area (Å²) in [6.45, 7) is 6.50. The molecule has 1 saturated carbocycles. The highest BCUT2D eigenvalue weighted by Gasteiger charge is 2.24.